The van der Waals surface area contributed by atoms with Crippen LogP contribution >= 0.6 is 0 Å². The van der Waals surface area contributed by atoms with E-state index in [2.05, 4.69) is 10.2 Å². The Morgan fingerprint density at radius 3 is 2.50 bits per heavy atom. The molecule has 2 aromatic carbocycles. The smallest absolute Gasteiger partial charge is 0.250 e. The average molecular weight is 414 g/mol. The molecule has 1 heterocycles. The van der Waals surface area contributed by atoms with E-state index in [0.29, 0.717) is 25.3 Å². The van der Waals surface area contributed by atoms with Crippen LogP contribution in [0.5, 0.6) is 0 Å². The second kappa shape index (κ2) is 10.1. The predicted octanol–water partition coefficient (Wildman–Crippen LogP) is 2.62. The number of rotatable bonds is 7. The van der Waals surface area contributed by atoms with Crippen molar-refractivity contribution in [2.45, 2.75) is 12.6 Å². The second-order valence-electron chi connectivity index (χ2n) is 7.11. The molecule has 158 valence electrons. The SMILES string of the molecule is N=CC(=CC(=O)Nc1cc(F)cc(F)c1)N1CCN(Cc2ccccc2)CC1CO. The fourth-order valence-corrected chi connectivity index (χ4v) is 3.55. The highest BCUT2D eigenvalue weighted by atomic mass is 19.1. The van der Waals surface area contributed by atoms with Crippen LogP contribution in [0.2, 0.25) is 0 Å². The standard InChI is InChI=1S/C22H24F2N4O2/c23-17-8-18(24)10-19(9-17)26-22(30)11-20(12-25)28-7-6-27(14-21(28)15-29)13-16-4-2-1-3-5-16/h1-5,8-12,21,25,29H,6-7,13-15H2,(H,26,30). The maximum atomic E-state index is 13.3. The Hall–Kier alpha value is -3.10. The molecule has 0 aromatic heterocycles. The van der Waals surface area contributed by atoms with Crippen molar-refractivity contribution in [1.29, 1.82) is 5.41 Å². The first-order chi connectivity index (χ1) is 14.5. The van der Waals surface area contributed by atoms with Gasteiger partial charge in [-0.05, 0) is 17.7 Å². The molecular weight excluding hydrogens is 390 g/mol. The fourth-order valence-electron chi connectivity index (χ4n) is 3.55. The quantitative estimate of drug-likeness (QED) is 0.481. The van der Waals surface area contributed by atoms with E-state index in [0.717, 1.165) is 31.0 Å². The summed E-state index contributed by atoms with van der Waals surface area (Å²) in [5.74, 6) is -2.20. The van der Waals surface area contributed by atoms with Crippen LogP contribution in [0.25, 0.3) is 0 Å². The molecule has 30 heavy (non-hydrogen) atoms. The van der Waals surface area contributed by atoms with Crippen LogP contribution in [0.3, 0.4) is 0 Å². The number of nitrogens with zero attached hydrogens (tertiary/aromatic N) is 2. The Labute approximate surface area is 173 Å². The molecule has 1 saturated heterocycles. The largest absolute Gasteiger partial charge is 0.394 e. The van der Waals surface area contributed by atoms with E-state index in [-0.39, 0.29) is 18.3 Å². The van der Waals surface area contributed by atoms with Crippen molar-refractivity contribution in [3.05, 3.63) is 77.5 Å². The summed E-state index contributed by atoms with van der Waals surface area (Å²) < 4.78 is 26.6. The number of benzene rings is 2. The average Bonchev–Trinajstić information content (AvgIpc) is 2.72. The number of aliphatic hydroxyl groups is 1. The van der Waals surface area contributed by atoms with Gasteiger partial charge in [0, 0.05) is 50.2 Å². The van der Waals surface area contributed by atoms with Gasteiger partial charge in [0.2, 0.25) is 0 Å². The zero-order valence-electron chi connectivity index (χ0n) is 16.4. The van der Waals surface area contributed by atoms with Crippen molar-refractivity contribution in [3.8, 4) is 0 Å². The molecule has 1 amide bonds. The van der Waals surface area contributed by atoms with Gasteiger partial charge in [-0.15, -0.1) is 0 Å². The van der Waals surface area contributed by atoms with Gasteiger partial charge in [0.05, 0.1) is 18.3 Å². The van der Waals surface area contributed by atoms with Crippen LogP contribution in [0.4, 0.5) is 14.5 Å². The summed E-state index contributed by atoms with van der Waals surface area (Å²) in [7, 11) is 0. The number of hydrogen-bond donors (Lipinski definition) is 3. The van der Waals surface area contributed by atoms with Crippen molar-refractivity contribution < 1.29 is 18.7 Å². The van der Waals surface area contributed by atoms with Gasteiger partial charge in [-0.3, -0.25) is 9.69 Å². The highest BCUT2D eigenvalue weighted by Gasteiger charge is 2.27. The van der Waals surface area contributed by atoms with Crippen molar-refractivity contribution in [3.63, 3.8) is 0 Å². The van der Waals surface area contributed by atoms with Crippen LogP contribution in [0.15, 0.2) is 60.3 Å². The lowest BCUT2D eigenvalue weighted by atomic mass is 10.1. The Kier molecular flexibility index (Phi) is 7.26. The summed E-state index contributed by atoms with van der Waals surface area (Å²) in [4.78, 5) is 16.3. The summed E-state index contributed by atoms with van der Waals surface area (Å²) in [6.07, 6.45) is 2.24. The number of carbonyl (C=O) groups is 1. The van der Waals surface area contributed by atoms with Crippen LogP contribution in [0.1, 0.15) is 5.56 Å². The molecule has 3 N–H and O–H groups in total. The number of allylic oxidation sites excluding steroid dienone is 1. The van der Waals surface area contributed by atoms with E-state index in [4.69, 9.17) is 5.41 Å². The second-order valence-corrected chi connectivity index (χ2v) is 7.11. The molecule has 2 aromatic rings. The molecule has 1 fully saturated rings. The first-order valence-electron chi connectivity index (χ1n) is 9.61. The molecule has 1 atom stereocenters. The summed E-state index contributed by atoms with van der Waals surface area (Å²) >= 11 is 0. The molecule has 0 aliphatic carbocycles. The minimum atomic E-state index is -0.795. The van der Waals surface area contributed by atoms with Gasteiger partial charge < -0.3 is 20.7 Å². The third-order valence-corrected chi connectivity index (χ3v) is 4.92. The summed E-state index contributed by atoms with van der Waals surface area (Å²) in [6.45, 7) is 2.43. The number of aliphatic hydroxyl groups excluding tert-OH is 1. The van der Waals surface area contributed by atoms with Gasteiger partial charge in [0.15, 0.2) is 0 Å². The number of anilines is 1. The third kappa shape index (κ3) is 5.71. The molecule has 3 rings (SSSR count). The Morgan fingerprint density at radius 1 is 1.17 bits per heavy atom. The van der Waals surface area contributed by atoms with E-state index < -0.39 is 17.5 Å². The number of amides is 1. The molecule has 1 aliphatic heterocycles. The highest BCUT2D eigenvalue weighted by molar-refractivity contribution is 6.02. The Morgan fingerprint density at radius 2 is 1.87 bits per heavy atom. The zero-order valence-corrected chi connectivity index (χ0v) is 16.4. The number of halogens is 2. The Bertz CT molecular complexity index is 900. The van der Waals surface area contributed by atoms with Crippen LogP contribution in [0, 0.1) is 17.0 Å². The number of nitrogens with one attached hydrogen (secondary N) is 2. The molecule has 0 saturated carbocycles. The van der Waals surface area contributed by atoms with Crippen LogP contribution in [-0.4, -0.2) is 59.3 Å². The molecule has 1 aliphatic rings. The topological polar surface area (TPSA) is 79.7 Å². The monoisotopic (exact) mass is 414 g/mol. The lowest BCUT2D eigenvalue weighted by Crippen LogP contribution is -2.54. The predicted molar refractivity (Wildman–Crippen MR) is 111 cm³/mol. The highest BCUT2D eigenvalue weighted by Crippen LogP contribution is 2.18. The summed E-state index contributed by atoms with van der Waals surface area (Å²) in [5.41, 5.74) is 1.49. The molecule has 0 spiro atoms. The maximum Gasteiger partial charge on any atom is 0.250 e. The molecule has 6 nitrogen and oxygen atoms in total. The molecule has 0 radical (unpaired) electrons. The number of carbonyl (C=O) groups excluding carboxylic acids is 1. The minimum Gasteiger partial charge on any atom is -0.394 e. The molecular formula is C22H24F2N4O2. The van der Waals surface area contributed by atoms with E-state index in [1.165, 1.54) is 11.6 Å². The summed E-state index contributed by atoms with van der Waals surface area (Å²) in [6, 6.07) is 12.5. The molecule has 8 heteroatoms. The van der Waals surface area contributed by atoms with Gasteiger partial charge in [0.25, 0.3) is 5.91 Å². The molecule has 0 bridgehead atoms. The van der Waals surface area contributed by atoms with Crippen molar-refractivity contribution in [2.75, 3.05) is 31.6 Å². The molecule has 1 unspecified atom stereocenters. The lowest BCUT2D eigenvalue weighted by molar-refractivity contribution is -0.112. The van der Waals surface area contributed by atoms with E-state index >= 15 is 0 Å². The zero-order chi connectivity index (χ0) is 21.5. The van der Waals surface area contributed by atoms with Gasteiger partial charge in [-0.25, -0.2) is 8.78 Å². The van der Waals surface area contributed by atoms with Gasteiger partial charge in [0.1, 0.15) is 11.6 Å². The van der Waals surface area contributed by atoms with E-state index in [1.807, 2.05) is 30.3 Å². The maximum absolute atomic E-state index is 13.3. The minimum absolute atomic E-state index is 0.00975. The first kappa shape index (κ1) is 21.6. The van der Waals surface area contributed by atoms with Crippen molar-refractivity contribution in [1.82, 2.24) is 9.80 Å². The number of piperazine rings is 1. The van der Waals surface area contributed by atoms with Gasteiger partial charge in [-0.1, -0.05) is 30.3 Å². The fraction of sp³-hybridized carbons (Fsp3) is 0.273. The van der Waals surface area contributed by atoms with Gasteiger partial charge in [-0.2, -0.15) is 0 Å². The number of hydrogen-bond acceptors (Lipinski definition) is 5. The van der Waals surface area contributed by atoms with Crippen molar-refractivity contribution >= 4 is 17.8 Å². The van der Waals surface area contributed by atoms with E-state index in [1.54, 1.807) is 4.90 Å². The van der Waals surface area contributed by atoms with Crippen LogP contribution in [-0.2, 0) is 11.3 Å². The summed E-state index contributed by atoms with van der Waals surface area (Å²) in [5, 5.41) is 20.0. The van der Waals surface area contributed by atoms with Gasteiger partial charge >= 0.3 is 0 Å². The first-order valence-corrected chi connectivity index (χ1v) is 9.61. The van der Waals surface area contributed by atoms with Crippen molar-refractivity contribution in [2.24, 2.45) is 0 Å². The van der Waals surface area contributed by atoms with Crippen LogP contribution < -0.4 is 5.32 Å². The lowest BCUT2D eigenvalue weighted by Gasteiger charge is -2.42. The third-order valence-electron chi connectivity index (χ3n) is 4.92. The Balaban J connectivity index is 1.67. The normalized spacial score (nSPS) is 17.6. The van der Waals surface area contributed by atoms with E-state index in [9.17, 15) is 18.7 Å².